The quantitative estimate of drug-likeness (QED) is 0.511. The molecule has 0 fully saturated rings. The molecule has 0 aliphatic heterocycles. The SMILES string of the molecule is Cc1ccc(-c2noc(C(F)(F)F)c2-c2cc(F)c(S(N)(=O)=O)cc2F)cc1C(F)(F)F. The maximum atomic E-state index is 14.6. The number of hydrogen-bond donors (Lipinski definition) is 1. The second-order valence-electron chi connectivity index (χ2n) is 6.57. The van der Waals surface area contributed by atoms with Crippen LogP contribution in [0.4, 0.5) is 35.1 Å². The Kier molecular flexibility index (Phi) is 5.58. The molecule has 0 aliphatic carbocycles. The molecule has 1 aromatic heterocycles. The molecule has 0 spiro atoms. The molecule has 3 rings (SSSR count). The normalized spacial score (nSPS) is 12.9. The number of nitrogens with two attached hydrogens (primary N) is 1. The van der Waals surface area contributed by atoms with Gasteiger partial charge in [0.1, 0.15) is 22.2 Å². The molecule has 32 heavy (non-hydrogen) atoms. The van der Waals surface area contributed by atoms with Gasteiger partial charge < -0.3 is 4.52 Å². The maximum Gasteiger partial charge on any atom is 0.453 e. The Bertz CT molecular complexity index is 1310. The first-order valence-corrected chi connectivity index (χ1v) is 9.83. The van der Waals surface area contributed by atoms with Crippen LogP contribution in [-0.2, 0) is 22.4 Å². The van der Waals surface area contributed by atoms with Crippen molar-refractivity contribution in [2.75, 3.05) is 0 Å². The van der Waals surface area contributed by atoms with Crippen LogP contribution in [0.25, 0.3) is 22.4 Å². The van der Waals surface area contributed by atoms with Crippen LogP contribution in [0.1, 0.15) is 16.9 Å². The standard InChI is InChI=1S/C18H10F8N2O3S/c1-7-2-3-8(4-10(7)17(21,22)23)15-14(16(31-28-15)18(24,25)26)9-5-12(20)13(6-11(9)19)32(27,29)30/h2-6H,1H3,(H2,27,29,30). The van der Waals surface area contributed by atoms with Crippen molar-refractivity contribution in [1.82, 2.24) is 5.16 Å². The number of halogens is 8. The van der Waals surface area contributed by atoms with Gasteiger partial charge in [-0.3, -0.25) is 0 Å². The summed E-state index contributed by atoms with van der Waals surface area (Å²) < 4.78 is 136. The van der Waals surface area contributed by atoms with E-state index in [9.17, 15) is 43.5 Å². The molecule has 0 atom stereocenters. The molecule has 0 aliphatic rings. The van der Waals surface area contributed by atoms with Gasteiger partial charge in [0, 0.05) is 11.1 Å². The lowest BCUT2D eigenvalue weighted by Gasteiger charge is -2.13. The van der Waals surface area contributed by atoms with Gasteiger partial charge in [-0.25, -0.2) is 22.3 Å². The fourth-order valence-corrected chi connectivity index (χ4v) is 3.54. The van der Waals surface area contributed by atoms with Crippen molar-refractivity contribution in [3.05, 3.63) is 58.9 Å². The molecule has 172 valence electrons. The minimum absolute atomic E-state index is 0.0488. The fourth-order valence-electron chi connectivity index (χ4n) is 2.94. The Hall–Kier alpha value is -3.00. The maximum absolute atomic E-state index is 14.6. The van der Waals surface area contributed by atoms with Gasteiger partial charge in [-0.1, -0.05) is 17.3 Å². The summed E-state index contributed by atoms with van der Waals surface area (Å²) in [6.07, 6.45) is -10.2. The number of benzene rings is 2. The molecule has 1 heterocycles. The number of rotatable bonds is 3. The lowest BCUT2D eigenvalue weighted by Crippen LogP contribution is -2.15. The molecular weight excluding hydrogens is 476 g/mol. The van der Waals surface area contributed by atoms with E-state index in [1.165, 1.54) is 0 Å². The largest absolute Gasteiger partial charge is 0.453 e. The minimum atomic E-state index is -5.31. The van der Waals surface area contributed by atoms with Gasteiger partial charge >= 0.3 is 12.4 Å². The third-order valence-electron chi connectivity index (χ3n) is 4.36. The Labute approximate surface area is 174 Å². The number of aromatic nitrogens is 1. The highest BCUT2D eigenvalue weighted by molar-refractivity contribution is 7.89. The highest BCUT2D eigenvalue weighted by Crippen LogP contribution is 2.45. The van der Waals surface area contributed by atoms with E-state index in [0.29, 0.717) is 6.07 Å². The number of alkyl halides is 6. The summed E-state index contributed by atoms with van der Waals surface area (Å²) in [5.41, 5.74) is -5.22. The van der Waals surface area contributed by atoms with E-state index in [0.717, 1.165) is 19.1 Å². The predicted octanol–water partition coefficient (Wildman–Crippen LogP) is 5.28. The van der Waals surface area contributed by atoms with Crippen LogP contribution in [0.3, 0.4) is 0 Å². The van der Waals surface area contributed by atoms with Crippen molar-refractivity contribution in [3.8, 4) is 22.4 Å². The molecule has 0 radical (unpaired) electrons. The zero-order valence-electron chi connectivity index (χ0n) is 15.6. The lowest BCUT2D eigenvalue weighted by atomic mass is 9.96. The zero-order valence-corrected chi connectivity index (χ0v) is 16.4. The Morgan fingerprint density at radius 1 is 0.938 bits per heavy atom. The molecule has 2 aromatic carbocycles. The Balaban J connectivity index is 2.36. The zero-order chi connectivity index (χ0) is 24.2. The van der Waals surface area contributed by atoms with Gasteiger partial charge in [0.2, 0.25) is 15.8 Å². The second-order valence-corrected chi connectivity index (χ2v) is 8.10. The molecule has 5 nitrogen and oxygen atoms in total. The Morgan fingerprint density at radius 2 is 1.56 bits per heavy atom. The smallest absolute Gasteiger partial charge is 0.350 e. The minimum Gasteiger partial charge on any atom is -0.350 e. The summed E-state index contributed by atoms with van der Waals surface area (Å²) >= 11 is 0. The predicted molar refractivity (Wildman–Crippen MR) is 93.4 cm³/mol. The van der Waals surface area contributed by atoms with Crippen LogP contribution in [0.2, 0.25) is 0 Å². The first-order chi connectivity index (χ1) is 14.5. The van der Waals surface area contributed by atoms with Gasteiger partial charge in [0.15, 0.2) is 0 Å². The van der Waals surface area contributed by atoms with Crippen molar-refractivity contribution < 1.29 is 48.1 Å². The average molecular weight is 486 g/mol. The number of sulfonamides is 1. The van der Waals surface area contributed by atoms with E-state index < -0.39 is 72.6 Å². The monoisotopic (exact) mass is 486 g/mol. The van der Waals surface area contributed by atoms with Gasteiger partial charge in [-0.05, 0) is 30.7 Å². The summed E-state index contributed by atoms with van der Waals surface area (Å²) in [6.45, 7) is 1.11. The Morgan fingerprint density at radius 3 is 2.09 bits per heavy atom. The number of nitrogens with zero attached hydrogens (tertiary/aromatic N) is 1. The molecule has 0 saturated heterocycles. The summed E-state index contributed by atoms with van der Waals surface area (Å²) in [5.74, 6) is -5.28. The number of aryl methyl sites for hydroxylation is 1. The van der Waals surface area contributed by atoms with Crippen molar-refractivity contribution in [2.45, 2.75) is 24.2 Å². The van der Waals surface area contributed by atoms with Crippen LogP contribution < -0.4 is 5.14 Å². The average Bonchev–Trinajstić information content (AvgIpc) is 3.07. The molecular formula is C18H10F8N2O3S. The molecule has 0 unspecified atom stereocenters. The third kappa shape index (κ3) is 4.32. The molecule has 0 saturated carbocycles. The molecule has 0 amide bonds. The highest BCUT2D eigenvalue weighted by Gasteiger charge is 2.42. The van der Waals surface area contributed by atoms with Gasteiger partial charge in [-0.15, -0.1) is 0 Å². The van der Waals surface area contributed by atoms with Crippen molar-refractivity contribution in [3.63, 3.8) is 0 Å². The molecule has 0 bridgehead atoms. The van der Waals surface area contributed by atoms with E-state index in [4.69, 9.17) is 5.14 Å². The third-order valence-corrected chi connectivity index (χ3v) is 5.29. The van der Waals surface area contributed by atoms with Crippen LogP contribution in [-0.4, -0.2) is 13.6 Å². The summed E-state index contributed by atoms with van der Waals surface area (Å²) in [7, 11) is -4.77. The molecule has 14 heteroatoms. The van der Waals surface area contributed by atoms with Crippen LogP contribution in [0.15, 0.2) is 39.8 Å². The van der Waals surface area contributed by atoms with Gasteiger partial charge in [0.25, 0.3) is 0 Å². The first kappa shape index (κ1) is 23.7. The van der Waals surface area contributed by atoms with Crippen molar-refractivity contribution >= 4 is 10.0 Å². The summed E-state index contributed by atoms with van der Waals surface area (Å²) in [5, 5.41) is 7.86. The van der Waals surface area contributed by atoms with Crippen LogP contribution in [0, 0.1) is 18.6 Å². The lowest BCUT2D eigenvalue weighted by molar-refractivity contribution is -0.155. The fraction of sp³-hybridized carbons (Fsp3) is 0.167. The van der Waals surface area contributed by atoms with Crippen LogP contribution >= 0.6 is 0 Å². The van der Waals surface area contributed by atoms with E-state index in [1.807, 2.05) is 0 Å². The van der Waals surface area contributed by atoms with Crippen LogP contribution in [0.5, 0.6) is 0 Å². The topological polar surface area (TPSA) is 86.2 Å². The van der Waals surface area contributed by atoms with Crippen molar-refractivity contribution in [2.24, 2.45) is 5.14 Å². The molecule has 2 N–H and O–H groups in total. The van der Waals surface area contributed by atoms with E-state index in [2.05, 4.69) is 9.68 Å². The number of primary sulfonamides is 1. The first-order valence-electron chi connectivity index (χ1n) is 8.29. The second kappa shape index (κ2) is 7.55. The van der Waals surface area contributed by atoms with E-state index >= 15 is 0 Å². The van der Waals surface area contributed by atoms with Gasteiger partial charge in [-0.2, -0.15) is 26.3 Å². The van der Waals surface area contributed by atoms with E-state index in [1.54, 1.807) is 0 Å². The molecule has 3 aromatic rings. The van der Waals surface area contributed by atoms with Gasteiger partial charge in [0.05, 0.1) is 11.1 Å². The highest BCUT2D eigenvalue weighted by atomic mass is 32.2. The number of hydrogen-bond acceptors (Lipinski definition) is 4. The summed E-state index contributed by atoms with van der Waals surface area (Å²) in [4.78, 5) is -1.33. The summed E-state index contributed by atoms with van der Waals surface area (Å²) in [6, 6.07) is 2.57. The van der Waals surface area contributed by atoms with E-state index in [-0.39, 0.29) is 17.7 Å². The van der Waals surface area contributed by atoms with Crippen molar-refractivity contribution in [1.29, 1.82) is 0 Å².